The summed E-state index contributed by atoms with van der Waals surface area (Å²) in [6, 6.07) is 9.73. The Labute approximate surface area is 114 Å². The van der Waals surface area contributed by atoms with E-state index < -0.39 is 26.8 Å². The monoisotopic (exact) mass is 297 g/mol. The molecule has 0 spiro atoms. The van der Waals surface area contributed by atoms with Gasteiger partial charge in [0.05, 0.1) is 5.69 Å². The second-order valence-electron chi connectivity index (χ2n) is 3.90. The molecule has 0 bridgehead atoms. The molecule has 4 nitrogen and oxygen atoms in total. The highest BCUT2D eigenvalue weighted by Crippen LogP contribution is 2.23. The Kier molecular flexibility index (Phi) is 3.80. The van der Waals surface area contributed by atoms with Gasteiger partial charge in [-0.05, 0) is 36.4 Å². The Hall–Kier alpha value is -2.28. The maximum Gasteiger partial charge on any atom is 0.334 e. The molecule has 0 aromatic heterocycles. The van der Waals surface area contributed by atoms with Crippen LogP contribution in [0.4, 0.5) is 14.0 Å². The summed E-state index contributed by atoms with van der Waals surface area (Å²) >= 11 is 0. The number of hydrogen-bond acceptors (Lipinski definition) is 3. The Morgan fingerprint density at radius 1 is 1.00 bits per heavy atom. The van der Waals surface area contributed by atoms with Crippen LogP contribution in [0.1, 0.15) is 10.4 Å². The number of halogens is 2. The van der Waals surface area contributed by atoms with Crippen LogP contribution in [0.15, 0.2) is 53.4 Å². The molecular formula is C13H9F2NO3S. The van der Waals surface area contributed by atoms with Crippen molar-refractivity contribution >= 4 is 21.8 Å². The van der Waals surface area contributed by atoms with Crippen LogP contribution >= 0.6 is 0 Å². The fourth-order valence-corrected chi connectivity index (χ4v) is 2.20. The molecule has 0 saturated heterocycles. The summed E-state index contributed by atoms with van der Waals surface area (Å²) in [5, 5.41) is 2.27. The molecular weight excluding hydrogens is 288 g/mol. The molecule has 0 aliphatic carbocycles. The molecule has 1 amide bonds. The van der Waals surface area contributed by atoms with Crippen molar-refractivity contribution in [1.29, 1.82) is 0 Å². The zero-order valence-corrected chi connectivity index (χ0v) is 10.8. The molecule has 1 N–H and O–H groups in total. The van der Waals surface area contributed by atoms with Crippen molar-refractivity contribution in [1.82, 2.24) is 0 Å². The van der Waals surface area contributed by atoms with Crippen LogP contribution in [0, 0.1) is 5.82 Å². The standard InChI is InChI=1S/C13H9F2NO3S/c14-10-7-5-9(6-8-10)13(17)16-11-3-1-2-4-12(11)20(15,18)19/h1-8H,(H,16,17). The molecule has 7 heteroatoms. The summed E-state index contributed by atoms with van der Waals surface area (Å²) in [6.07, 6.45) is 0. The number of rotatable bonds is 3. The van der Waals surface area contributed by atoms with E-state index in [0.717, 1.165) is 18.2 Å². The van der Waals surface area contributed by atoms with Gasteiger partial charge in [-0.1, -0.05) is 12.1 Å². The first-order chi connectivity index (χ1) is 9.38. The maximum atomic E-state index is 13.1. The van der Waals surface area contributed by atoms with Gasteiger partial charge in [0.25, 0.3) is 5.91 Å². The quantitative estimate of drug-likeness (QED) is 0.886. The predicted octanol–water partition coefficient (Wildman–Crippen LogP) is 2.74. The third-order valence-electron chi connectivity index (χ3n) is 2.50. The summed E-state index contributed by atoms with van der Waals surface area (Å²) < 4.78 is 47.7. The first kappa shape index (κ1) is 14.1. The van der Waals surface area contributed by atoms with E-state index in [-0.39, 0.29) is 11.3 Å². The minimum atomic E-state index is -4.94. The first-order valence-electron chi connectivity index (χ1n) is 5.48. The van der Waals surface area contributed by atoms with E-state index in [9.17, 15) is 21.5 Å². The SMILES string of the molecule is O=C(Nc1ccccc1S(=O)(=O)F)c1ccc(F)cc1. The molecule has 0 heterocycles. The van der Waals surface area contributed by atoms with E-state index in [1.807, 2.05) is 0 Å². The van der Waals surface area contributed by atoms with Crippen LogP contribution in [0.2, 0.25) is 0 Å². The highest BCUT2D eigenvalue weighted by Gasteiger charge is 2.18. The topological polar surface area (TPSA) is 63.2 Å². The third-order valence-corrected chi connectivity index (χ3v) is 3.39. The van der Waals surface area contributed by atoms with E-state index in [2.05, 4.69) is 5.32 Å². The zero-order chi connectivity index (χ0) is 14.8. The van der Waals surface area contributed by atoms with Crippen LogP contribution in [-0.2, 0) is 10.2 Å². The molecule has 0 radical (unpaired) electrons. The van der Waals surface area contributed by atoms with Crippen molar-refractivity contribution in [3.05, 3.63) is 59.9 Å². The fourth-order valence-electron chi connectivity index (χ4n) is 1.58. The van der Waals surface area contributed by atoms with Crippen LogP contribution in [-0.4, -0.2) is 14.3 Å². The van der Waals surface area contributed by atoms with Gasteiger partial charge in [0.15, 0.2) is 0 Å². The maximum absolute atomic E-state index is 13.1. The number of benzene rings is 2. The molecule has 2 aromatic carbocycles. The lowest BCUT2D eigenvalue weighted by Crippen LogP contribution is -2.13. The zero-order valence-electron chi connectivity index (χ0n) is 10.0. The number of carbonyl (C=O) groups excluding carboxylic acids is 1. The van der Waals surface area contributed by atoms with Crippen LogP contribution < -0.4 is 5.32 Å². The van der Waals surface area contributed by atoms with Gasteiger partial charge in [-0.3, -0.25) is 4.79 Å². The summed E-state index contributed by atoms with van der Waals surface area (Å²) in [5.74, 6) is -1.17. The average molecular weight is 297 g/mol. The molecule has 0 fully saturated rings. The van der Waals surface area contributed by atoms with Gasteiger partial charge in [0, 0.05) is 5.56 Å². The number of anilines is 1. The molecule has 2 aromatic rings. The summed E-state index contributed by atoms with van der Waals surface area (Å²) in [4.78, 5) is 11.2. The summed E-state index contributed by atoms with van der Waals surface area (Å²) in [5.41, 5.74) is -0.0539. The lowest BCUT2D eigenvalue weighted by molar-refractivity contribution is 0.102. The van der Waals surface area contributed by atoms with Gasteiger partial charge >= 0.3 is 10.2 Å². The van der Waals surface area contributed by atoms with Gasteiger partial charge in [0.1, 0.15) is 10.7 Å². The predicted molar refractivity (Wildman–Crippen MR) is 69.1 cm³/mol. The van der Waals surface area contributed by atoms with Gasteiger partial charge in [-0.15, -0.1) is 3.89 Å². The van der Waals surface area contributed by atoms with Crippen molar-refractivity contribution < 1.29 is 21.5 Å². The normalized spacial score (nSPS) is 11.1. The number of hydrogen-bond donors (Lipinski definition) is 1. The van der Waals surface area contributed by atoms with Crippen molar-refractivity contribution in [2.75, 3.05) is 5.32 Å². The number of nitrogens with one attached hydrogen (secondary N) is 1. The van der Waals surface area contributed by atoms with Crippen molar-refractivity contribution in [3.8, 4) is 0 Å². The smallest absolute Gasteiger partial charge is 0.321 e. The molecule has 20 heavy (non-hydrogen) atoms. The van der Waals surface area contributed by atoms with Crippen molar-refractivity contribution in [2.24, 2.45) is 0 Å². The molecule has 2 rings (SSSR count). The van der Waals surface area contributed by atoms with E-state index in [1.54, 1.807) is 0 Å². The van der Waals surface area contributed by atoms with Gasteiger partial charge in [-0.2, -0.15) is 8.42 Å². The lowest BCUT2D eigenvalue weighted by atomic mass is 10.2. The van der Waals surface area contributed by atoms with Gasteiger partial charge < -0.3 is 5.32 Å². The summed E-state index contributed by atoms with van der Waals surface area (Å²) in [6.45, 7) is 0. The number of amides is 1. The Morgan fingerprint density at radius 2 is 1.60 bits per heavy atom. The Bertz CT molecular complexity index is 742. The van der Waals surface area contributed by atoms with E-state index in [1.165, 1.54) is 30.3 Å². The lowest BCUT2D eigenvalue weighted by Gasteiger charge is -2.08. The molecule has 0 aliphatic rings. The second-order valence-corrected chi connectivity index (χ2v) is 5.21. The third kappa shape index (κ3) is 3.18. The van der Waals surface area contributed by atoms with Crippen LogP contribution in [0.3, 0.4) is 0 Å². The van der Waals surface area contributed by atoms with E-state index in [0.29, 0.717) is 0 Å². The molecule has 104 valence electrons. The average Bonchev–Trinajstić information content (AvgIpc) is 2.38. The van der Waals surface area contributed by atoms with Crippen molar-refractivity contribution in [2.45, 2.75) is 4.90 Å². The Morgan fingerprint density at radius 3 is 2.20 bits per heavy atom. The fraction of sp³-hybridized carbons (Fsp3) is 0. The van der Waals surface area contributed by atoms with E-state index >= 15 is 0 Å². The first-order valence-corrected chi connectivity index (χ1v) is 6.87. The minimum absolute atomic E-state index is 0.123. The molecule has 0 aliphatic heterocycles. The Balaban J connectivity index is 2.31. The molecule has 0 saturated carbocycles. The van der Waals surface area contributed by atoms with Crippen LogP contribution in [0.25, 0.3) is 0 Å². The highest BCUT2D eigenvalue weighted by molar-refractivity contribution is 7.86. The minimum Gasteiger partial charge on any atom is -0.321 e. The van der Waals surface area contributed by atoms with Gasteiger partial charge in [0.2, 0.25) is 0 Å². The number of para-hydroxylation sites is 1. The van der Waals surface area contributed by atoms with Crippen molar-refractivity contribution in [3.63, 3.8) is 0 Å². The van der Waals surface area contributed by atoms with Crippen LogP contribution in [0.5, 0.6) is 0 Å². The highest BCUT2D eigenvalue weighted by atomic mass is 32.3. The molecule has 0 unspecified atom stereocenters. The number of carbonyl (C=O) groups is 1. The summed E-state index contributed by atoms with van der Waals surface area (Å²) in [7, 11) is -4.94. The largest absolute Gasteiger partial charge is 0.334 e. The second kappa shape index (κ2) is 5.38. The van der Waals surface area contributed by atoms with E-state index in [4.69, 9.17) is 0 Å². The van der Waals surface area contributed by atoms with Gasteiger partial charge in [-0.25, -0.2) is 4.39 Å². The molecule has 0 atom stereocenters.